The van der Waals surface area contributed by atoms with Gasteiger partial charge in [-0.05, 0) is 42.5 Å². The highest BCUT2D eigenvalue weighted by Gasteiger charge is 2.15. The van der Waals surface area contributed by atoms with Gasteiger partial charge in [-0.1, -0.05) is 23.7 Å². The van der Waals surface area contributed by atoms with Gasteiger partial charge in [0.25, 0.3) is 11.8 Å². The molecule has 0 radical (unpaired) electrons. The van der Waals surface area contributed by atoms with Crippen LogP contribution in [-0.2, 0) is 4.79 Å². The van der Waals surface area contributed by atoms with Crippen LogP contribution in [0.3, 0.4) is 0 Å². The molecule has 2 heterocycles. The molecule has 0 aliphatic carbocycles. The van der Waals surface area contributed by atoms with Gasteiger partial charge in [0, 0.05) is 22.0 Å². The number of halogens is 1. The monoisotopic (exact) mass is 409 g/mol. The van der Waals surface area contributed by atoms with Gasteiger partial charge in [-0.3, -0.25) is 20.4 Å². The molecule has 0 fully saturated rings. The molecule has 0 spiro atoms. The molecule has 8 heteroatoms. The first kappa shape index (κ1) is 18.8. The van der Waals surface area contributed by atoms with E-state index in [0.717, 1.165) is 10.9 Å². The van der Waals surface area contributed by atoms with E-state index in [2.05, 4.69) is 15.8 Å². The van der Waals surface area contributed by atoms with Crippen molar-refractivity contribution in [2.75, 3.05) is 13.2 Å². The minimum absolute atomic E-state index is 0.339. The number of ether oxygens (including phenoxy) is 2. The van der Waals surface area contributed by atoms with E-state index >= 15 is 0 Å². The predicted molar refractivity (Wildman–Crippen MR) is 109 cm³/mol. The summed E-state index contributed by atoms with van der Waals surface area (Å²) in [7, 11) is 0. The molecule has 0 saturated carbocycles. The van der Waals surface area contributed by atoms with Gasteiger partial charge in [0.05, 0.1) is 11.2 Å². The van der Waals surface area contributed by atoms with Gasteiger partial charge in [-0.2, -0.15) is 0 Å². The highest BCUT2D eigenvalue weighted by molar-refractivity contribution is 6.31. The number of aromatic nitrogens is 1. The van der Waals surface area contributed by atoms with Gasteiger partial charge < -0.3 is 9.47 Å². The van der Waals surface area contributed by atoms with Crippen LogP contribution in [0.2, 0.25) is 5.02 Å². The second-order valence-electron chi connectivity index (χ2n) is 6.21. The normalized spacial score (nSPS) is 12.7. The molecule has 1 aliphatic rings. The summed E-state index contributed by atoms with van der Waals surface area (Å²) >= 11 is 5.98. The van der Waals surface area contributed by atoms with Crippen LogP contribution < -0.4 is 20.3 Å². The Morgan fingerprint density at radius 1 is 0.966 bits per heavy atom. The lowest BCUT2D eigenvalue weighted by atomic mass is 10.2. The van der Waals surface area contributed by atoms with Gasteiger partial charge in [0.1, 0.15) is 13.2 Å². The second-order valence-corrected chi connectivity index (χ2v) is 6.64. The van der Waals surface area contributed by atoms with Crippen LogP contribution in [0.4, 0.5) is 0 Å². The Morgan fingerprint density at radius 2 is 1.76 bits per heavy atom. The predicted octanol–water partition coefficient (Wildman–Crippen LogP) is 3.13. The quantitative estimate of drug-likeness (QED) is 0.512. The van der Waals surface area contributed by atoms with E-state index in [1.54, 1.807) is 42.5 Å². The molecular formula is C21H16ClN3O4. The lowest BCUT2D eigenvalue weighted by molar-refractivity contribution is -0.117. The van der Waals surface area contributed by atoms with Crippen molar-refractivity contribution in [2.45, 2.75) is 0 Å². The van der Waals surface area contributed by atoms with Crippen molar-refractivity contribution >= 4 is 40.4 Å². The second kappa shape index (κ2) is 8.20. The molecule has 3 aromatic rings. The SMILES string of the molecule is O=C(C=Cc1ccc2ccc(Cl)cc2n1)NNC(=O)c1ccc2c(c1)OCCO2. The summed E-state index contributed by atoms with van der Waals surface area (Å²) in [4.78, 5) is 28.6. The average molecular weight is 410 g/mol. The Balaban J connectivity index is 1.36. The van der Waals surface area contributed by atoms with E-state index in [1.807, 2.05) is 12.1 Å². The molecule has 2 N–H and O–H groups in total. The standard InChI is InChI=1S/C21H16ClN3O4/c22-15-4-1-13-2-5-16(23-17(13)12-15)6-8-20(26)24-25-21(27)14-3-7-18-19(11-14)29-10-9-28-18/h1-8,11-12H,9-10H2,(H,24,26)(H,25,27). The number of nitrogens with one attached hydrogen (secondary N) is 2. The number of hydrazine groups is 1. The zero-order chi connectivity index (χ0) is 20.2. The van der Waals surface area contributed by atoms with Crippen LogP contribution in [0.5, 0.6) is 11.5 Å². The van der Waals surface area contributed by atoms with Crippen LogP contribution in [0.15, 0.2) is 54.6 Å². The largest absolute Gasteiger partial charge is 0.486 e. The Hall–Kier alpha value is -3.58. The molecule has 4 rings (SSSR count). The Bertz CT molecular complexity index is 1130. The van der Waals surface area contributed by atoms with Crippen LogP contribution in [0.25, 0.3) is 17.0 Å². The molecule has 0 bridgehead atoms. The van der Waals surface area contributed by atoms with Crippen molar-refractivity contribution in [2.24, 2.45) is 0 Å². The summed E-state index contributed by atoms with van der Waals surface area (Å²) in [6.45, 7) is 0.897. The fourth-order valence-electron chi connectivity index (χ4n) is 2.78. The van der Waals surface area contributed by atoms with Crippen molar-refractivity contribution in [3.05, 3.63) is 70.9 Å². The van der Waals surface area contributed by atoms with Crippen molar-refractivity contribution in [1.82, 2.24) is 15.8 Å². The molecule has 1 aromatic heterocycles. The molecule has 2 aromatic carbocycles. The molecule has 7 nitrogen and oxygen atoms in total. The maximum Gasteiger partial charge on any atom is 0.269 e. The Labute approximate surface area is 171 Å². The number of benzene rings is 2. The zero-order valence-electron chi connectivity index (χ0n) is 15.1. The molecule has 2 amide bonds. The van der Waals surface area contributed by atoms with Crippen LogP contribution in [0.1, 0.15) is 16.1 Å². The van der Waals surface area contributed by atoms with Crippen LogP contribution >= 0.6 is 11.6 Å². The van der Waals surface area contributed by atoms with Gasteiger partial charge >= 0.3 is 0 Å². The number of hydrogen-bond acceptors (Lipinski definition) is 5. The number of nitrogens with zero attached hydrogens (tertiary/aromatic N) is 1. The third-order valence-corrected chi connectivity index (χ3v) is 4.42. The van der Waals surface area contributed by atoms with Gasteiger partial charge in [0.2, 0.25) is 0 Å². The lowest BCUT2D eigenvalue weighted by Crippen LogP contribution is -2.40. The molecular weight excluding hydrogens is 394 g/mol. The first-order chi connectivity index (χ1) is 14.1. The third-order valence-electron chi connectivity index (χ3n) is 4.18. The molecule has 1 aliphatic heterocycles. The third kappa shape index (κ3) is 4.47. The van der Waals surface area contributed by atoms with Crippen molar-refractivity contribution < 1.29 is 19.1 Å². The summed E-state index contributed by atoms with van der Waals surface area (Å²) in [6, 6.07) is 13.9. The summed E-state index contributed by atoms with van der Waals surface area (Å²) in [5, 5.41) is 1.54. The number of amides is 2. The highest BCUT2D eigenvalue weighted by Crippen LogP contribution is 2.30. The summed E-state index contributed by atoms with van der Waals surface area (Å²) in [5.74, 6) is 0.118. The van der Waals surface area contributed by atoms with E-state index < -0.39 is 11.8 Å². The first-order valence-electron chi connectivity index (χ1n) is 8.83. The Morgan fingerprint density at radius 3 is 2.62 bits per heavy atom. The first-order valence-corrected chi connectivity index (χ1v) is 9.21. The number of carbonyl (C=O) groups excluding carboxylic acids is 2. The van der Waals surface area contributed by atoms with Crippen LogP contribution in [0, 0.1) is 0 Å². The average Bonchev–Trinajstić information content (AvgIpc) is 2.75. The van der Waals surface area contributed by atoms with Crippen molar-refractivity contribution in [1.29, 1.82) is 0 Å². The fourth-order valence-corrected chi connectivity index (χ4v) is 2.94. The smallest absolute Gasteiger partial charge is 0.269 e. The highest BCUT2D eigenvalue weighted by atomic mass is 35.5. The fraction of sp³-hybridized carbons (Fsp3) is 0.0952. The van der Waals surface area contributed by atoms with E-state index in [0.29, 0.717) is 41.0 Å². The van der Waals surface area contributed by atoms with Crippen molar-refractivity contribution in [3.8, 4) is 11.5 Å². The summed E-state index contributed by atoms with van der Waals surface area (Å²) in [6.07, 6.45) is 2.83. The number of carbonyl (C=O) groups is 2. The number of hydrogen-bond donors (Lipinski definition) is 2. The maximum absolute atomic E-state index is 12.2. The minimum atomic E-state index is -0.496. The summed E-state index contributed by atoms with van der Waals surface area (Å²) < 4.78 is 10.9. The lowest BCUT2D eigenvalue weighted by Gasteiger charge is -2.18. The molecule has 29 heavy (non-hydrogen) atoms. The van der Waals surface area contributed by atoms with Crippen molar-refractivity contribution in [3.63, 3.8) is 0 Å². The zero-order valence-corrected chi connectivity index (χ0v) is 15.9. The maximum atomic E-state index is 12.2. The molecule has 0 unspecified atom stereocenters. The van der Waals surface area contributed by atoms with E-state index in [-0.39, 0.29) is 0 Å². The topological polar surface area (TPSA) is 89.6 Å². The number of rotatable bonds is 3. The van der Waals surface area contributed by atoms with Crippen LogP contribution in [-0.4, -0.2) is 30.0 Å². The van der Waals surface area contributed by atoms with E-state index in [4.69, 9.17) is 21.1 Å². The Kier molecular flexibility index (Phi) is 5.31. The summed E-state index contributed by atoms with van der Waals surface area (Å²) in [5.41, 5.74) is 6.35. The molecule has 0 atom stereocenters. The molecule has 146 valence electrons. The van der Waals surface area contributed by atoms with Gasteiger partial charge in [-0.25, -0.2) is 4.98 Å². The van der Waals surface area contributed by atoms with Gasteiger partial charge in [0.15, 0.2) is 11.5 Å². The molecule has 0 saturated heterocycles. The van der Waals surface area contributed by atoms with Gasteiger partial charge in [-0.15, -0.1) is 0 Å². The number of fused-ring (bicyclic) bond motifs is 2. The van der Waals surface area contributed by atoms with E-state index in [1.165, 1.54) is 6.08 Å². The minimum Gasteiger partial charge on any atom is -0.486 e. The van der Waals surface area contributed by atoms with E-state index in [9.17, 15) is 9.59 Å². The number of pyridine rings is 1.